The van der Waals surface area contributed by atoms with Gasteiger partial charge in [0.2, 0.25) is 0 Å². The predicted molar refractivity (Wildman–Crippen MR) is 68.2 cm³/mol. The summed E-state index contributed by atoms with van der Waals surface area (Å²) in [6.07, 6.45) is 7.57. The standard InChI is InChI=1S/C14H24N2/c1-11(2)13-7-3-4-8-14(13)16-10-12-6-5-9-15-12/h5-6,9,11,13-16H,3-4,7-8,10H2,1-2H3. The average molecular weight is 220 g/mol. The van der Waals surface area contributed by atoms with Crippen LogP contribution in [0.4, 0.5) is 0 Å². The molecule has 0 radical (unpaired) electrons. The second-order valence-corrected chi connectivity index (χ2v) is 5.38. The topological polar surface area (TPSA) is 27.8 Å². The summed E-state index contributed by atoms with van der Waals surface area (Å²) in [7, 11) is 0. The summed E-state index contributed by atoms with van der Waals surface area (Å²) in [5, 5.41) is 3.72. The fourth-order valence-corrected chi connectivity index (χ4v) is 2.93. The van der Waals surface area contributed by atoms with Crippen molar-refractivity contribution in [1.29, 1.82) is 0 Å². The number of hydrogen-bond acceptors (Lipinski definition) is 1. The molecule has 1 aromatic rings. The van der Waals surface area contributed by atoms with E-state index < -0.39 is 0 Å². The fraction of sp³-hybridized carbons (Fsp3) is 0.714. The molecule has 0 aromatic carbocycles. The van der Waals surface area contributed by atoms with Crippen molar-refractivity contribution in [1.82, 2.24) is 10.3 Å². The number of aromatic nitrogens is 1. The quantitative estimate of drug-likeness (QED) is 0.800. The van der Waals surface area contributed by atoms with Crippen LogP contribution in [-0.4, -0.2) is 11.0 Å². The van der Waals surface area contributed by atoms with Crippen LogP contribution in [0.2, 0.25) is 0 Å². The van der Waals surface area contributed by atoms with Crippen LogP contribution >= 0.6 is 0 Å². The Balaban J connectivity index is 1.86. The number of rotatable bonds is 4. The maximum Gasteiger partial charge on any atom is 0.0359 e. The molecule has 1 aliphatic carbocycles. The molecule has 90 valence electrons. The van der Waals surface area contributed by atoms with Crippen LogP contribution in [0.1, 0.15) is 45.2 Å². The normalized spacial score (nSPS) is 26.2. The highest BCUT2D eigenvalue weighted by Gasteiger charge is 2.26. The van der Waals surface area contributed by atoms with Crippen molar-refractivity contribution in [3.8, 4) is 0 Å². The van der Waals surface area contributed by atoms with Crippen LogP contribution in [0, 0.1) is 11.8 Å². The van der Waals surface area contributed by atoms with Crippen molar-refractivity contribution in [2.75, 3.05) is 0 Å². The molecule has 0 aliphatic heterocycles. The Morgan fingerprint density at radius 2 is 2.19 bits per heavy atom. The maximum atomic E-state index is 3.72. The van der Waals surface area contributed by atoms with E-state index in [0.29, 0.717) is 0 Å². The van der Waals surface area contributed by atoms with Crippen molar-refractivity contribution < 1.29 is 0 Å². The minimum absolute atomic E-state index is 0.719. The molecule has 1 fully saturated rings. The molecular weight excluding hydrogens is 196 g/mol. The van der Waals surface area contributed by atoms with Gasteiger partial charge in [-0.2, -0.15) is 0 Å². The van der Waals surface area contributed by atoms with Gasteiger partial charge < -0.3 is 10.3 Å². The first-order valence-corrected chi connectivity index (χ1v) is 6.63. The largest absolute Gasteiger partial charge is 0.364 e. The van der Waals surface area contributed by atoms with Gasteiger partial charge in [0, 0.05) is 24.5 Å². The van der Waals surface area contributed by atoms with Gasteiger partial charge in [0.1, 0.15) is 0 Å². The van der Waals surface area contributed by atoms with Crippen molar-refractivity contribution in [3.05, 3.63) is 24.0 Å². The van der Waals surface area contributed by atoms with Gasteiger partial charge in [-0.3, -0.25) is 0 Å². The second kappa shape index (κ2) is 5.53. The Labute approximate surface area is 98.8 Å². The van der Waals surface area contributed by atoms with Crippen LogP contribution in [0.5, 0.6) is 0 Å². The first kappa shape index (κ1) is 11.7. The Bertz CT molecular complexity index is 290. The van der Waals surface area contributed by atoms with Crippen molar-refractivity contribution in [3.63, 3.8) is 0 Å². The third kappa shape index (κ3) is 2.88. The zero-order valence-electron chi connectivity index (χ0n) is 10.5. The van der Waals surface area contributed by atoms with Gasteiger partial charge in [-0.15, -0.1) is 0 Å². The van der Waals surface area contributed by atoms with E-state index in [9.17, 15) is 0 Å². The fourth-order valence-electron chi connectivity index (χ4n) is 2.93. The molecule has 0 saturated heterocycles. The SMILES string of the molecule is CC(C)C1CCCCC1NCc1ccc[nH]1. The Hall–Kier alpha value is -0.760. The minimum Gasteiger partial charge on any atom is -0.364 e. The summed E-state index contributed by atoms with van der Waals surface area (Å²) >= 11 is 0. The molecule has 2 rings (SSSR count). The molecule has 0 bridgehead atoms. The van der Waals surface area contributed by atoms with E-state index >= 15 is 0 Å². The molecule has 1 saturated carbocycles. The monoisotopic (exact) mass is 220 g/mol. The molecule has 2 atom stereocenters. The molecule has 0 amide bonds. The first-order valence-electron chi connectivity index (χ1n) is 6.63. The van der Waals surface area contributed by atoms with Crippen LogP contribution < -0.4 is 5.32 Å². The lowest BCUT2D eigenvalue weighted by molar-refractivity contribution is 0.204. The van der Waals surface area contributed by atoms with E-state index in [1.54, 1.807) is 0 Å². The predicted octanol–water partition coefficient (Wildman–Crippen LogP) is 3.32. The number of H-pyrrole nitrogens is 1. The van der Waals surface area contributed by atoms with E-state index in [1.807, 2.05) is 6.20 Å². The summed E-state index contributed by atoms with van der Waals surface area (Å²) < 4.78 is 0. The van der Waals surface area contributed by atoms with Crippen LogP contribution in [0.15, 0.2) is 18.3 Å². The van der Waals surface area contributed by atoms with Gasteiger partial charge >= 0.3 is 0 Å². The Morgan fingerprint density at radius 1 is 1.38 bits per heavy atom. The van der Waals surface area contributed by atoms with Gasteiger partial charge in [-0.1, -0.05) is 26.7 Å². The van der Waals surface area contributed by atoms with E-state index in [-0.39, 0.29) is 0 Å². The molecular formula is C14H24N2. The highest BCUT2D eigenvalue weighted by Crippen LogP contribution is 2.30. The Morgan fingerprint density at radius 3 is 2.88 bits per heavy atom. The van der Waals surface area contributed by atoms with E-state index in [2.05, 4.69) is 36.3 Å². The average Bonchev–Trinajstić information content (AvgIpc) is 2.79. The summed E-state index contributed by atoms with van der Waals surface area (Å²) in [4.78, 5) is 3.26. The maximum absolute atomic E-state index is 3.72. The zero-order chi connectivity index (χ0) is 11.4. The minimum atomic E-state index is 0.719. The Kier molecular flexibility index (Phi) is 4.05. The van der Waals surface area contributed by atoms with Crippen LogP contribution in [-0.2, 0) is 6.54 Å². The summed E-state index contributed by atoms with van der Waals surface area (Å²) in [6, 6.07) is 4.94. The molecule has 2 heteroatoms. The molecule has 16 heavy (non-hydrogen) atoms. The zero-order valence-corrected chi connectivity index (χ0v) is 10.5. The van der Waals surface area contributed by atoms with Crippen molar-refractivity contribution >= 4 is 0 Å². The van der Waals surface area contributed by atoms with Gasteiger partial charge in [-0.05, 0) is 36.8 Å². The molecule has 2 unspecified atom stereocenters. The van der Waals surface area contributed by atoms with Gasteiger partial charge in [0.25, 0.3) is 0 Å². The molecule has 1 heterocycles. The highest BCUT2D eigenvalue weighted by atomic mass is 14.9. The summed E-state index contributed by atoms with van der Waals surface area (Å²) in [5.74, 6) is 1.67. The molecule has 2 nitrogen and oxygen atoms in total. The molecule has 2 N–H and O–H groups in total. The van der Waals surface area contributed by atoms with E-state index in [4.69, 9.17) is 0 Å². The number of hydrogen-bond donors (Lipinski definition) is 2. The van der Waals surface area contributed by atoms with Gasteiger partial charge in [0.05, 0.1) is 0 Å². The number of nitrogens with one attached hydrogen (secondary N) is 2. The third-order valence-corrected chi connectivity index (χ3v) is 3.89. The van der Waals surface area contributed by atoms with E-state index in [1.165, 1.54) is 31.4 Å². The van der Waals surface area contributed by atoms with Crippen molar-refractivity contribution in [2.45, 2.75) is 52.1 Å². The lowest BCUT2D eigenvalue weighted by atomic mass is 9.78. The third-order valence-electron chi connectivity index (χ3n) is 3.89. The van der Waals surface area contributed by atoms with Crippen LogP contribution in [0.25, 0.3) is 0 Å². The molecule has 0 spiro atoms. The molecule has 1 aliphatic rings. The smallest absolute Gasteiger partial charge is 0.0359 e. The highest BCUT2D eigenvalue weighted by molar-refractivity contribution is 5.03. The summed E-state index contributed by atoms with van der Waals surface area (Å²) in [6.45, 7) is 5.71. The van der Waals surface area contributed by atoms with E-state index in [0.717, 1.165) is 24.4 Å². The first-order chi connectivity index (χ1) is 7.77. The van der Waals surface area contributed by atoms with Crippen molar-refractivity contribution in [2.24, 2.45) is 11.8 Å². The van der Waals surface area contributed by atoms with Gasteiger partial charge in [-0.25, -0.2) is 0 Å². The lowest BCUT2D eigenvalue weighted by Crippen LogP contribution is -2.40. The summed E-state index contributed by atoms with van der Waals surface area (Å²) in [5.41, 5.74) is 1.30. The van der Waals surface area contributed by atoms with Gasteiger partial charge in [0.15, 0.2) is 0 Å². The molecule has 1 aromatic heterocycles. The number of aromatic amines is 1. The lowest BCUT2D eigenvalue weighted by Gasteiger charge is -2.35. The van der Waals surface area contributed by atoms with Crippen LogP contribution in [0.3, 0.4) is 0 Å². The second-order valence-electron chi connectivity index (χ2n) is 5.38.